The molecule has 1 saturated heterocycles. The number of aliphatic hydroxyl groups excluding tert-OH is 3. The van der Waals surface area contributed by atoms with Crippen LogP contribution >= 0.6 is 0 Å². The van der Waals surface area contributed by atoms with E-state index in [-0.39, 0.29) is 6.04 Å². The summed E-state index contributed by atoms with van der Waals surface area (Å²) in [7, 11) is 1.62. The van der Waals surface area contributed by atoms with Crippen molar-refractivity contribution < 1.29 is 24.8 Å². The van der Waals surface area contributed by atoms with Crippen LogP contribution in [0.15, 0.2) is 36.9 Å². The third-order valence-corrected chi connectivity index (χ3v) is 5.12. The van der Waals surface area contributed by atoms with Crippen molar-refractivity contribution >= 4 is 17.0 Å². The summed E-state index contributed by atoms with van der Waals surface area (Å²) in [5, 5.41) is 32.9. The van der Waals surface area contributed by atoms with Gasteiger partial charge in [0.05, 0.1) is 26.1 Å². The number of methoxy groups -OCH3 is 1. The standard InChI is InChI=1S/C19H23N5O5/c1-10(11-3-5-12(28-2)6-4-11)23-17-14-18(21-8-20-17)24(9-22-14)19-16(27)15(26)13(7-25)29-19/h3-6,8-10,13,15-16,19,25-27H,7H2,1-2H3,(H,20,21,23). The van der Waals surface area contributed by atoms with Crippen LogP contribution in [0.25, 0.3) is 11.2 Å². The van der Waals surface area contributed by atoms with Gasteiger partial charge in [-0.3, -0.25) is 4.57 Å². The Morgan fingerprint density at radius 3 is 2.59 bits per heavy atom. The number of imidazole rings is 1. The minimum absolute atomic E-state index is 0.0573. The van der Waals surface area contributed by atoms with E-state index >= 15 is 0 Å². The van der Waals surface area contributed by atoms with Crippen LogP contribution in [0.3, 0.4) is 0 Å². The summed E-state index contributed by atoms with van der Waals surface area (Å²) in [6.45, 7) is 1.60. The fourth-order valence-corrected chi connectivity index (χ4v) is 3.43. The molecule has 1 aromatic carbocycles. The lowest BCUT2D eigenvalue weighted by Gasteiger charge is -2.17. The average Bonchev–Trinajstić information content (AvgIpc) is 3.30. The first-order valence-corrected chi connectivity index (χ1v) is 9.24. The van der Waals surface area contributed by atoms with Gasteiger partial charge in [0.2, 0.25) is 0 Å². The number of hydrogen-bond donors (Lipinski definition) is 4. The zero-order chi connectivity index (χ0) is 20.5. The number of aromatic nitrogens is 4. The van der Waals surface area contributed by atoms with Gasteiger partial charge >= 0.3 is 0 Å². The van der Waals surface area contributed by atoms with Crippen LogP contribution in [0.1, 0.15) is 24.8 Å². The molecule has 154 valence electrons. The highest BCUT2D eigenvalue weighted by Crippen LogP contribution is 2.32. The highest BCUT2D eigenvalue weighted by molar-refractivity contribution is 5.82. The monoisotopic (exact) mass is 401 g/mol. The Kier molecular flexibility index (Phi) is 5.33. The predicted octanol–water partition coefficient (Wildman–Crippen LogP) is 0.619. The molecule has 10 heteroatoms. The Balaban J connectivity index is 1.60. The summed E-state index contributed by atoms with van der Waals surface area (Å²) in [5.74, 6) is 1.31. The van der Waals surface area contributed by atoms with Gasteiger partial charge in [-0.25, -0.2) is 15.0 Å². The molecule has 0 spiro atoms. The molecular formula is C19H23N5O5. The minimum atomic E-state index is -1.21. The summed E-state index contributed by atoms with van der Waals surface area (Å²) in [6, 6.07) is 7.65. The van der Waals surface area contributed by atoms with Gasteiger partial charge in [-0.15, -0.1) is 0 Å². The van der Waals surface area contributed by atoms with E-state index in [0.717, 1.165) is 11.3 Å². The molecule has 0 bridgehead atoms. The van der Waals surface area contributed by atoms with E-state index in [1.807, 2.05) is 31.2 Å². The van der Waals surface area contributed by atoms with Gasteiger partial charge in [-0.1, -0.05) is 12.1 Å². The summed E-state index contributed by atoms with van der Waals surface area (Å²) < 4.78 is 12.3. The molecule has 0 radical (unpaired) electrons. The Bertz CT molecular complexity index is 979. The van der Waals surface area contributed by atoms with Crippen LogP contribution in [-0.4, -0.2) is 66.9 Å². The Labute approximate surface area is 166 Å². The van der Waals surface area contributed by atoms with Crippen molar-refractivity contribution in [2.45, 2.75) is 37.5 Å². The molecule has 0 amide bonds. The number of hydrogen-bond acceptors (Lipinski definition) is 9. The second kappa shape index (κ2) is 7.91. The lowest BCUT2D eigenvalue weighted by molar-refractivity contribution is -0.0511. The van der Waals surface area contributed by atoms with E-state index in [1.54, 1.807) is 7.11 Å². The number of nitrogens with one attached hydrogen (secondary N) is 1. The van der Waals surface area contributed by atoms with Gasteiger partial charge in [0.15, 0.2) is 23.2 Å². The lowest BCUT2D eigenvalue weighted by atomic mass is 10.1. The summed E-state index contributed by atoms with van der Waals surface area (Å²) >= 11 is 0. The fraction of sp³-hybridized carbons (Fsp3) is 0.421. The number of anilines is 1. The topological polar surface area (TPSA) is 135 Å². The maximum absolute atomic E-state index is 10.3. The van der Waals surface area contributed by atoms with Crippen LogP contribution in [0.4, 0.5) is 5.82 Å². The van der Waals surface area contributed by atoms with Crippen LogP contribution < -0.4 is 10.1 Å². The zero-order valence-corrected chi connectivity index (χ0v) is 16.0. The number of rotatable bonds is 6. The molecule has 4 N–H and O–H groups in total. The molecule has 4 rings (SSSR count). The molecule has 2 aromatic heterocycles. The van der Waals surface area contributed by atoms with Gasteiger partial charge in [0.25, 0.3) is 0 Å². The average molecular weight is 401 g/mol. The maximum atomic E-state index is 10.3. The van der Waals surface area contributed by atoms with Crippen molar-refractivity contribution in [3.8, 4) is 5.75 Å². The van der Waals surface area contributed by atoms with Gasteiger partial charge in [0.1, 0.15) is 30.4 Å². The molecule has 29 heavy (non-hydrogen) atoms. The number of fused-ring (bicyclic) bond motifs is 1. The molecule has 3 heterocycles. The molecular weight excluding hydrogens is 378 g/mol. The highest BCUT2D eigenvalue weighted by Gasteiger charge is 2.44. The second-order valence-corrected chi connectivity index (χ2v) is 6.91. The van der Waals surface area contributed by atoms with Crippen LogP contribution in [0, 0.1) is 0 Å². The van der Waals surface area contributed by atoms with E-state index in [0.29, 0.717) is 17.0 Å². The van der Waals surface area contributed by atoms with E-state index in [4.69, 9.17) is 9.47 Å². The molecule has 0 aliphatic carbocycles. The fourth-order valence-electron chi connectivity index (χ4n) is 3.43. The van der Waals surface area contributed by atoms with Crippen molar-refractivity contribution in [1.29, 1.82) is 0 Å². The lowest BCUT2D eigenvalue weighted by Crippen LogP contribution is -2.33. The molecule has 3 aromatic rings. The zero-order valence-electron chi connectivity index (χ0n) is 16.0. The first kappa shape index (κ1) is 19.5. The van der Waals surface area contributed by atoms with E-state index in [1.165, 1.54) is 17.2 Å². The van der Waals surface area contributed by atoms with Crippen molar-refractivity contribution in [3.63, 3.8) is 0 Å². The van der Waals surface area contributed by atoms with Crippen molar-refractivity contribution in [3.05, 3.63) is 42.5 Å². The first-order chi connectivity index (χ1) is 14.0. The molecule has 5 unspecified atom stereocenters. The summed E-state index contributed by atoms with van der Waals surface area (Å²) in [5.41, 5.74) is 1.99. The molecule has 5 atom stereocenters. The summed E-state index contributed by atoms with van der Waals surface area (Å²) in [6.07, 6.45) is -1.32. The molecule has 0 saturated carbocycles. The third kappa shape index (κ3) is 3.51. The predicted molar refractivity (Wildman–Crippen MR) is 103 cm³/mol. The van der Waals surface area contributed by atoms with Crippen molar-refractivity contribution in [2.24, 2.45) is 0 Å². The Hall–Kier alpha value is -2.79. The first-order valence-electron chi connectivity index (χ1n) is 9.24. The van der Waals surface area contributed by atoms with Crippen molar-refractivity contribution in [1.82, 2.24) is 19.5 Å². The molecule has 1 fully saturated rings. The van der Waals surface area contributed by atoms with Gasteiger partial charge in [-0.05, 0) is 24.6 Å². The molecule has 10 nitrogen and oxygen atoms in total. The Morgan fingerprint density at radius 1 is 1.17 bits per heavy atom. The number of ether oxygens (including phenoxy) is 2. The molecule has 1 aliphatic rings. The molecule has 1 aliphatic heterocycles. The Morgan fingerprint density at radius 2 is 1.93 bits per heavy atom. The minimum Gasteiger partial charge on any atom is -0.497 e. The van der Waals surface area contributed by atoms with Gasteiger partial charge < -0.3 is 30.1 Å². The van der Waals surface area contributed by atoms with Gasteiger partial charge in [0, 0.05) is 0 Å². The van der Waals surface area contributed by atoms with Crippen LogP contribution in [0.2, 0.25) is 0 Å². The van der Waals surface area contributed by atoms with E-state index in [2.05, 4.69) is 20.3 Å². The number of nitrogens with zero attached hydrogens (tertiary/aromatic N) is 4. The maximum Gasteiger partial charge on any atom is 0.167 e. The van der Waals surface area contributed by atoms with E-state index < -0.39 is 31.1 Å². The normalized spacial score (nSPS) is 25.3. The largest absolute Gasteiger partial charge is 0.497 e. The number of aliphatic hydroxyl groups is 3. The third-order valence-electron chi connectivity index (χ3n) is 5.12. The van der Waals surface area contributed by atoms with Crippen LogP contribution in [-0.2, 0) is 4.74 Å². The quantitative estimate of drug-likeness (QED) is 0.469. The SMILES string of the molecule is COc1ccc(C(C)Nc2ncnc3c2ncn3C2OC(CO)C(O)C2O)cc1. The van der Waals surface area contributed by atoms with E-state index in [9.17, 15) is 15.3 Å². The van der Waals surface area contributed by atoms with Gasteiger partial charge in [-0.2, -0.15) is 0 Å². The number of benzene rings is 1. The second-order valence-electron chi connectivity index (χ2n) is 6.91. The summed E-state index contributed by atoms with van der Waals surface area (Å²) in [4.78, 5) is 12.9. The van der Waals surface area contributed by atoms with Crippen molar-refractivity contribution in [2.75, 3.05) is 19.0 Å². The smallest absolute Gasteiger partial charge is 0.167 e. The van der Waals surface area contributed by atoms with Crippen LogP contribution in [0.5, 0.6) is 5.75 Å². The highest BCUT2D eigenvalue weighted by atomic mass is 16.6.